The number of anilines is 2. The fourth-order valence-corrected chi connectivity index (χ4v) is 3.54. The minimum Gasteiger partial charge on any atom is -0.497 e. The number of hydrogen-bond donors (Lipinski definition) is 2. The van der Waals surface area contributed by atoms with Gasteiger partial charge in [-0.3, -0.25) is 0 Å². The number of carbonyl (C=O) groups excluding carboxylic acids is 1. The fourth-order valence-electron chi connectivity index (χ4n) is 3.54. The van der Waals surface area contributed by atoms with Gasteiger partial charge in [-0.2, -0.15) is 0 Å². The lowest BCUT2D eigenvalue weighted by Gasteiger charge is -2.15. The van der Waals surface area contributed by atoms with Crippen molar-refractivity contribution >= 4 is 39.3 Å². The van der Waals surface area contributed by atoms with E-state index in [1.807, 2.05) is 74.5 Å². The molecule has 0 bridgehead atoms. The number of amides is 1. The average molecular weight is 446 g/mol. The lowest BCUT2D eigenvalue weighted by atomic mass is 10.1. The molecule has 0 saturated heterocycles. The van der Waals surface area contributed by atoms with Gasteiger partial charge in [0.05, 0.1) is 30.9 Å². The number of benzene rings is 3. The first-order valence-electron chi connectivity index (χ1n) is 10.7. The summed E-state index contributed by atoms with van der Waals surface area (Å²) in [6.07, 6.45) is -0.426. The van der Waals surface area contributed by atoms with Gasteiger partial charge in [-0.05, 0) is 67.9 Å². The normalized spacial score (nSPS) is 10.9. The number of methoxy groups -OCH3 is 2. The third kappa shape index (κ3) is 5.09. The highest BCUT2D eigenvalue weighted by atomic mass is 16.5. The monoisotopic (exact) mass is 445 g/mol. The molecule has 0 radical (unpaired) electrons. The molecule has 3 aromatic carbocycles. The van der Waals surface area contributed by atoms with Crippen LogP contribution in [0.25, 0.3) is 21.8 Å². The zero-order valence-corrected chi connectivity index (χ0v) is 19.1. The summed E-state index contributed by atoms with van der Waals surface area (Å²) in [6, 6.07) is 19.4. The topological polar surface area (TPSA) is 81.7 Å². The summed E-state index contributed by atoms with van der Waals surface area (Å²) in [7, 11) is 3.29. The van der Waals surface area contributed by atoms with Crippen LogP contribution in [0.3, 0.4) is 0 Å². The molecule has 2 N–H and O–H groups in total. The van der Waals surface area contributed by atoms with E-state index in [4.69, 9.17) is 19.2 Å². The van der Waals surface area contributed by atoms with Crippen LogP contribution in [-0.2, 0) is 11.3 Å². The highest BCUT2D eigenvalue weighted by Crippen LogP contribution is 2.36. The highest BCUT2D eigenvalue weighted by Gasteiger charge is 2.12. The smallest absolute Gasteiger partial charge is 0.407 e. The van der Waals surface area contributed by atoms with E-state index in [0.717, 1.165) is 50.2 Å². The minimum atomic E-state index is -0.426. The summed E-state index contributed by atoms with van der Waals surface area (Å²) in [5, 5.41) is 8.13. The Labute approximate surface area is 192 Å². The van der Waals surface area contributed by atoms with E-state index in [2.05, 4.69) is 10.6 Å². The van der Waals surface area contributed by atoms with Gasteiger partial charge < -0.3 is 24.8 Å². The molecule has 0 atom stereocenters. The first-order valence-corrected chi connectivity index (χ1v) is 10.7. The Morgan fingerprint density at radius 3 is 1.97 bits per heavy atom. The largest absolute Gasteiger partial charge is 0.497 e. The number of aromatic nitrogens is 1. The summed E-state index contributed by atoms with van der Waals surface area (Å²) in [5.41, 5.74) is 4.42. The SMILES string of the molecule is COc1ccc2nc3ccc(OC)cc3c(Nc3ccc(COC(=O)NC(C)C)cc3)c2c1. The van der Waals surface area contributed by atoms with Gasteiger partial charge in [0.2, 0.25) is 0 Å². The standard InChI is InChI=1S/C26H27N3O4/c1-16(2)27-26(30)33-15-17-5-7-18(8-6-17)28-25-21-13-19(31-3)9-11-23(21)29-24-12-10-20(32-4)14-22(24)25/h5-14,16H,15H2,1-4H3,(H,27,30)(H,28,29). The molecular formula is C26H27N3O4. The van der Waals surface area contributed by atoms with E-state index >= 15 is 0 Å². The predicted octanol–water partition coefficient (Wildman–Crippen LogP) is 5.78. The molecule has 1 aromatic heterocycles. The molecule has 1 heterocycles. The van der Waals surface area contributed by atoms with Crippen molar-refractivity contribution < 1.29 is 19.0 Å². The molecule has 4 aromatic rings. The number of pyridine rings is 1. The van der Waals surface area contributed by atoms with Crippen molar-refractivity contribution in [3.8, 4) is 11.5 Å². The molecule has 0 fully saturated rings. The molecule has 0 saturated carbocycles. The van der Waals surface area contributed by atoms with Gasteiger partial charge in [0.1, 0.15) is 18.1 Å². The van der Waals surface area contributed by atoms with Crippen molar-refractivity contribution in [3.05, 3.63) is 66.2 Å². The summed E-state index contributed by atoms with van der Waals surface area (Å²) in [4.78, 5) is 16.5. The van der Waals surface area contributed by atoms with Gasteiger partial charge >= 0.3 is 6.09 Å². The van der Waals surface area contributed by atoms with E-state index in [1.54, 1.807) is 14.2 Å². The van der Waals surface area contributed by atoms with Crippen LogP contribution in [0.15, 0.2) is 60.7 Å². The first-order chi connectivity index (χ1) is 16.0. The summed E-state index contributed by atoms with van der Waals surface area (Å²) in [5.74, 6) is 1.50. The second kappa shape index (κ2) is 9.65. The molecule has 0 aliphatic carbocycles. The number of hydrogen-bond acceptors (Lipinski definition) is 6. The maximum Gasteiger partial charge on any atom is 0.407 e. The van der Waals surface area contributed by atoms with Crippen LogP contribution in [0, 0.1) is 0 Å². The van der Waals surface area contributed by atoms with Gasteiger partial charge in [-0.1, -0.05) is 12.1 Å². The zero-order chi connectivity index (χ0) is 23.4. The Bertz CT molecular complexity index is 1220. The number of nitrogens with one attached hydrogen (secondary N) is 2. The third-order valence-electron chi connectivity index (χ3n) is 5.19. The first kappa shape index (κ1) is 22.2. The second-order valence-corrected chi connectivity index (χ2v) is 7.95. The highest BCUT2D eigenvalue weighted by molar-refractivity contribution is 6.09. The lowest BCUT2D eigenvalue weighted by molar-refractivity contribution is 0.137. The lowest BCUT2D eigenvalue weighted by Crippen LogP contribution is -2.30. The van der Waals surface area contributed by atoms with Crippen LogP contribution in [0.2, 0.25) is 0 Å². The molecule has 7 heteroatoms. The Hall–Kier alpha value is -4.00. The number of ether oxygens (including phenoxy) is 3. The van der Waals surface area contributed by atoms with Crippen LogP contribution in [0.5, 0.6) is 11.5 Å². The van der Waals surface area contributed by atoms with Crippen molar-refractivity contribution in [2.75, 3.05) is 19.5 Å². The Morgan fingerprint density at radius 1 is 0.879 bits per heavy atom. The summed E-state index contributed by atoms with van der Waals surface area (Å²) >= 11 is 0. The van der Waals surface area contributed by atoms with E-state index in [9.17, 15) is 4.79 Å². The maximum atomic E-state index is 11.7. The van der Waals surface area contributed by atoms with Crippen molar-refractivity contribution in [1.29, 1.82) is 0 Å². The number of rotatable bonds is 7. The summed E-state index contributed by atoms with van der Waals surface area (Å²) < 4.78 is 16.1. The Balaban J connectivity index is 1.67. The molecule has 33 heavy (non-hydrogen) atoms. The Morgan fingerprint density at radius 2 is 1.45 bits per heavy atom. The zero-order valence-electron chi connectivity index (χ0n) is 19.1. The van der Waals surface area contributed by atoms with Gasteiger partial charge in [0, 0.05) is 22.5 Å². The molecule has 0 unspecified atom stereocenters. The third-order valence-corrected chi connectivity index (χ3v) is 5.19. The average Bonchev–Trinajstić information content (AvgIpc) is 2.82. The predicted molar refractivity (Wildman–Crippen MR) is 131 cm³/mol. The fraction of sp³-hybridized carbons (Fsp3) is 0.231. The maximum absolute atomic E-state index is 11.7. The molecule has 0 spiro atoms. The Kier molecular flexibility index (Phi) is 6.49. The van der Waals surface area contributed by atoms with Crippen LogP contribution in [0.4, 0.5) is 16.2 Å². The van der Waals surface area contributed by atoms with Crippen LogP contribution < -0.4 is 20.1 Å². The van der Waals surface area contributed by atoms with Crippen LogP contribution in [-0.4, -0.2) is 31.3 Å². The van der Waals surface area contributed by atoms with E-state index in [1.165, 1.54) is 0 Å². The number of fused-ring (bicyclic) bond motifs is 2. The molecular weight excluding hydrogens is 418 g/mol. The van der Waals surface area contributed by atoms with Crippen LogP contribution in [0.1, 0.15) is 19.4 Å². The summed E-state index contributed by atoms with van der Waals surface area (Å²) in [6.45, 7) is 3.98. The number of nitrogens with zero attached hydrogens (tertiary/aromatic N) is 1. The second-order valence-electron chi connectivity index (χ2n) is 7.95. The van der Waals surface area contributed by atoms with Gasteiger partial charge in [0.15, 0.2) is 0 Å². The van der Waals surface area contributed by atoms with Gasteiger partial charge in [0.25, 0.3) is 0 Å². The molecule has 0 aliphatic heterocycles. The van der Waals surface area contributed by atoms with Gasteiger partial charge in [-0.25, -0.2) is 9.78 Å². The number of carbonyl (C=O) groups is 1. The molecule has 170 valence electrons. The van der Waals surface area contributed by atoms with Crippen molar-refractivity contribution in [3.63, 3.8) is 0 Å². The van der Waals surface area contributed by atoms with Crippen LogP contribution >= 0.6 is 0 Å². The number of alkyl carbamates (subject to hydrolysis) is 1. The van der Waals surface area contributed by atoms with Gasteiger partial charge in [-0.15, -0.1) is 0 Å². The van der Waals surface area contributed by atoms with E-state index in [0.29, 0.717) is 0 Å². The minimum absolute atomic E-state index is 0.0336. The van der Waals surface area contributed by atoms with E-state index < -0.39 is 6.09 Å². The quantitative estimate of drug-likeness (QED) is 0.351. The molecule has 0 aliphatic rings. The molecule has 1 amide bonds. The van der Waals surface area contributed by atoms with E-state index in [-0.39, 0.29) is 12.6 Å². The molecule has 7 nitrogen and oxygen atoms in total. The van der Waals surface area contributed by atoms with Crippen molar-refractivity contribution in [2.24, 2.45) is 0 Å². The van der Waals surface area contributed by atoms with Crippen molar-refractivity contribution in [1.82, 2.24) is 10.3 Å². The van der Waals surface area contributed by atoms with Crippen molar-refractivity contribution in [2.45, 2.75) is 26.5 Å². The molecule has 4 rings (SSSR count).